The van der Waals surface area contributed by atoms with E-state index in [1.165, 1.54) is 0 Å². The second kappa shape index (κ2) is 5.89. The molecule has 0 amide bonds. The summed E-state index contributed by atoms with van der Waals surface area (Å²) in [4.78, 5) is 11.1. The lowest BCUT2D eigenvalue weighted by Gasteiger charge is -2.28. The second-order valence-corrected chi connectivity index (χ2v) is 7.20. The standard InChI is InChI=1S/C14H26N4O2/c1-7-14(5,6)12-15-16-17-18(12)10(8-11(19)20)9-13(2,3)4/h10H,7-9H2,1-6H3,(H,19,20). The highest BCUT2D eigenvalue weighted by molar-refractivity contribution is 5.67. The van der Waals surface area contributed by atoms with Crippen molar-refractivity contribution in [1.82, 2.24) is 20.2 Å². The fourth-order valence-corrected chi connectivity index (χ4v) is 2.20. The maximum absolute atomic E-state index is 11.1. The second-order valence-electron chi connectivity index (χ2n) is 7.20. The first-order valence-electron chi connectivity index (χ1n) is 7.07. The Morgan fingerprint density at radius 3 is 2.35 bits per heavy atom. The molecule has 0 spiro atoms. The normalized spacial score (nSPS) is 14.3. The maximum Gasteiger partial charge on any atom is 0.305 e. The predicted octanol–water partition coefficient (Wildman–Crippen LogP) is 2.81. The highest BCUT2D eigenvalue weighted by Gasteiger charge is 2.31. The predicted molar refractivity (Wildman–Crippen MR) is 76.5 cm³/mol. The zero-order valence-electron chi connectivity index (χ0n) is 13.3. The van der Waals surface area contributed by atoms with Crippen molar-refractivity contribution >= 4 is 5.97 Å². The summed E-state index contributed by atoms with van der Waals surface area (Å²) in [5, 5.41) is 21.1. The molecule has 0 bridgehead atoms. The van der Waals surface area contributed by atoms with Crippen LogP contribution in [0.25, 0.3) is 0 Å². The van der Waals surface area contributed by atoms with E-state index in [0.717, 1.165) is 18.7 Å². The number of carbonyl (C=O) groups is 1. The van der Waals surface area contributed by atoms with Crippen molar-refractivity contribution in [1.29, 1.82) is 0 Å². The number of hydrogen-bond acceptors (Lipinski definition) is 4. The lowest BCUT2D eigenvalue weighted by molar-refractivity contribution is -0.138. The van der Waals surface area contributed by atoms with Gasteiger partial charge in [0, 0.05) is 5.41 Å². The van der Waals surface area contributed by atoms with Crippen LogP contribution in [0.15, 0.2) is 0 Å². The molecule has 0 fully saturated rings. The van der Waals surface area contributed by atoms with Gasteiger partial charge in [0.05, 0.1) is 12.5 Å². The van der Waals surface area contributed by atoms with E-state index in [9.17, 15) is 4.79 Å². The van der Waals surface area contributed by atoms with Gasteiger partial charge in [-0.2, -0.15) is 0 Å². The molecule has 1 heterocycles. The van der Waals surface area contributed by atoms with E-state index in [1.54, 1.807) is 4.68 Å². The molecule has 6 nitrogen and oxygen atoms in total. The Hall–Kier alpha value is -1.46. The molecule has 0 radical (unpaired) electrons. The molecular weight excluding hydrogens is 256 g/mol. The molecule has 1 unspecified atom stereocenters. The molecule has 0 aromatic carbocycles. The average molecular weight is 282 g/mol. The zero-order chi connectivity index (χ0) is 15.6. The Labute approximate surface area is 120 Å². The van der Waals surface area contributed by atoms with Crippen LogP contribution in [0, 0.1) is 5.41 Å². The number of rotatable bonds is 6. The summed E-state index contributed by atoms with van der Waals surface area (Å²) in [5.74, 6) is -0.0643. The van der Waals surface area contributed by atoms with Crippen LogP contribution >= 0.6 is 0 Å². The van der Waals surface area contributed by atoms with Crippen LogP contribution in [0.4, 0.5) is 0 Å². The van der Waals surface area contributed by atoms with Crippen molar-refractivity contribution < 1.29 is 9.90 Å². The third kappa shape index (κ3) is 4.28. The molecular formula is C14H26N4O2. The molecule has 1 atom stereocenters. The topological polar surface area (TPSA) is 80.9 Å². The van der Waals surface area contributed by atoms with Gasteiger partial charge in [0.15, 0.2) is 5.82 Å². The van der Waals surface area contributed by atoms with Crippen LogP contribution in [0.1, 0.15) is 72.7 Å². The van der Waals surface area contributed by atoms with Crippen molar-refractivity contribution in [3.05, 3.63) is 5.82 Å². The van der Waals surface area contributed by atoms with Gasteiger partial charge in [-0.25, -0.2) is 4.68 Å². The minimum atomic E-state index is -0.824. The Balaban J connectivity index is 3.15. The summed E-state index contributed by atoms with van der Waals surface area (Å²) < 4.78 is 1.71. The fourth-order valence-electron chi connectivity index (χ4n) is 2.20. The molecule has 0 aliphatic heterocycles. The van der Waals surface area contributed by atoms with E-state index in [2.05, 4.69) is 57.1 Å². The summed E-state index contributed by atoms with van der Waals surface area (Å²) >= 11 is 0. The number of carboxylic acids is 1. The number of aliphatic carboxylic acids is 1. The number of tetrazole rings is 1. The van der Waals surface area contributed by atoms with Gasteiger partial charge in [0.1, 0.15) is 0 Å². The van der Waals surface area contributed by atoms with Gasteiger partial charge in [-0.05, 0) is 28.7 Å². The molecule has 20 heavy (non-hydrogen) atoms. The van der Waals surface area contributed by atoms with E-state index in [-0.39, 0.29) is 23.3 Å². The van der Waals surface area contributed by atoms with E-state index >= 15 is 0 Å². The van der Waals surface area contributed by atoms with Gasteiger partial charge in [-0.1, -0.05) is 41.5 Å². The average Bonchev–Trinajstić information content (AvgIpc) is 2.75. The Morgan fingerprint density at radius 2 is 1.90 bits per heavy atom. The van der Waals surface area contributed by atoms with Crippen LogP contribution in [0.5, 0.6) is 0 Å². The summed E-state index contributed by atoms with van der Waals surface area (Å²) in [6.45, 7) is 12.5. The molecule has 0 aliphatic rings. The van der Waals surface area contributed by atoms with Crippen LogP contribution < -0.4 is 0 Å². The first-order chi connectivity index (χ1) is 9.07. The lowest BCUT2D eigenvalue weighted by atomic mass is 9.85. The van der Waals surface area contributed by atoms with Gasteiger partial charge < -0.3 is 5.11 Å². The third-order valence-corrected chi connectivity index (χ3v) is 3.59. The quantitative estimate of drug-likeness (QED) is 0.867. The maximum atomic E-state index is 11.1. The summed E-state index contributed by atoms with van der Waals surface area (Å²) in [6.07, 6.45) is 1.65. The van der Waals surface area contributed by atoms with E-state index in [4.69, 9.17) is 5.11 Å². The molecule has 1 aromatic heterocycles. The lowest BCUT2D eigenvalue weighted by Crippen LogP contribution is -2.28. The first-order valence-corrected chi connectivity index (χ1v) is 7.07. The fraction of sp³-hybridized carbons (Fsp3) is 0.857. The van der Waals surface area contributed by atoms with Crippen molar-refractivity contribution in [3.8, 4) is 0 Å². The van der Waals surface area contributed by atoms with E-state index in [0.29, 0.717) is 0 Å². The van der Waals surface area contributed by atoms with Crippen LogP contribution in [0.3, 0.4) is 0 Å². The Kier molecular flexibility index (Phi) is 4.89. The van der Waals surface area contributed by atoms with Gasteiger partial charge in [-0.3, -0.25) is 4.79 Å². The molecule has 114 valence electrons. The zero-order valence-corrected chi connectivity index (χ0v) is 13.3. The summed E-state index contributed by atoms with van der Waals surface area (Å²) in [5.41, 5.74) is -0.155. The summed E-state index contributed by atoms with van der Waals surface area (Å²) in [7, 11) is 0. The van der Waals surface area contributed by atoms with Gasteiger partial charge in [0.25, 0.3) is 0 Å². The molecule has 6 heteroatoms. The van der Waals surface area contributed by atoms with Crippen molar-refractivity contribution in [2.24, 2.45) is 5.41 Å². The van der Waals surface area contributed by atoms with Crippen molar-refractivity contribution in [2.45, 2.75) is 72.3 Å². The van der Waals surface area contributed by atoms with Gasteiger partial charge in [-0.15, -0.1) is 5.10 Å². The number of hydrogen-bond donors (Lipinski definition) is 1. The SMILES string of the molecule is CCC(C)(C)c1nnnn1C(CC(=O)O)CC(C)(C)C. The number of aromatic nitrogens is 4. The highest BCUT2D eigenvalue weighted by atomic mass is 16.4. The van der Waals surface area contributed by atoms with E-state index < -0.39 is 5.97 Å². The molecule has 0 aliphatic carbocycles. The summed E-state index contributed by atoms with van der Waals surface area (Å²) in [6, 6.07) is -0.219. The number of carboxylic acid groups (broad SMARTS) is 1. The van der Waals surface area contributed by atoms with Crippen LogP contribution in [0.2, 0.25) is 0 Å². The van der Waals surface area contributed by atoms with Crippen LogP contribution in [-0.4, -0.2) is 31.3 Å². The molecule has 1 N–H and O–H groups in total. The molecule has 1 aromatic rings. The van der Waals surface area contributed by atoms with Gasteiger partial charge in [0.2, 0.25) is 0 Å². The first kappa shape index (κ1) is 16.6. The van der Waals surface area contributed by atoms with Crippen molar-refractivity contribution in [2.75, 3.05) is 0 Å². The van der Waals surface area contributed by atoms with Crippen molar-refractivity contribution in [3.63, 3.8) is 0 Å². The molecule has 0 saturated carbocycles. The smallest absolute Gasteiger partial charge is 0.305 e. The van der Waals surface area contributed by atoms with Gasteiger partial charge >= 0.3 is 5.97 Å². The molecule has 0 saturated heterocycles. The largest absolute Gasteiger partial charge is 0.481 e. The third-order valence-electron chi connectivity index (χ3n) is 3.59. The minimum Gasteiger partial charge on any atom is -0.481 e. The number of nitrogens with zero attached hydrogens (tertiary/aromatic N) is 4. The molecule has 1 rings (SSSR count). The minimum absolute atomic E-state index is 0.0136. The Morgan fingerprint density at radius 1 is 1.30 bits per heavy atom. The van der Waals surface area contributed by atoms with E-state index in [1.807, 2.05) is 0 Å². The monoisotopic (exact) mass is 282 g/mol. The Bertz CT molecular complexity index is 460. The van der Waals surface area contributed by atoms with Crippen LogP contribution in [-0.2, 0) is 10.2 Å². The highest BCUT2D eigenvalue weighted by Crippen LogP contribution is 2.33.